The van der Waals surface area contributed by atoms with Gasteiger partial charge in [-0.25, -0.2) is 4.98 Å². The zero-order chi connectivity index (χ0) is 18.4. The highest BCUT2D eigenvalue weighted by molar-refractivity contribution is 7.98. The number of thioether (sulfide) groups is 1. The van der Waals surface area contributed by atoms with E-state index in [-0.39, 0.29) is 11.9 Å². The van der Waals surface area contributed by atoms with Gasteiger partial charge in [0.2, 0.25) is 0 Å². The normalized spacial score (nSPS) is 16.1. The summed E-state index contributed by atoms with van der Waals surface area (Å²) in [5, 5.41) is 7.99. The van der Waals surface area contributed by atoms with Crippen LogP contribution in [0.5, 0.6) is 0 Å². The zero-order valence-corrected chi connectivity index (χ0v) is 16.4. The van der Waals surface area contributed by atoms with Crippen molar-refractivity contribution in [2.75, 3.05) is 0 Å². The number of amides is 1. The molecule has 1 fully saturated rings. The average molecular weight is 374 g/mol. The lowest BCUT2D eigenvalue weighted by Crippen LogP contribution is -2.35. The molecule has 2 aromatic rings. The highest BCUT2D eigenvalue weighted by Gasteiger charge is 2.19. The van der Waals surface area contributed by atoms with Gasteiger partial charge in [0, 0.05) is 23.6 Å². The molecule has 0 aliphatic heterocycles. The molecular formula is C20H27N3O2S. The van der Waals surface area contributed by atoms with E-state index in [0.29, 0.717) is 11.3 Å². The maximum Gasteiger partial charge on any atom is 0.254 e. The molecule has 1 amide bonds. The standard InChI is InChI=1S/C20H27N3O2S/c1-14-18(15(2)25-23-14)13-26-20-17(11-8-12-21-20)19(24)22-16-9-6-4-3-5-7-10-16/h8,11-12,16H,3-7,9-10,13H2,1-2H3,(H,22,24). The molecule has 5 nitrogen and oxygen atoms in total. The Balaban J connectivity index is 1.66. The van der Waals surface area contributed by atoms with E-state index in [9.17, 15) is 4.79 Å². The molecule has 0 aromatic carbocycles. The van der Waals surface area contributed by atoms with Gasteiger partial charge in [0.1, 0.15) is 10.8 Å². The van der Waals surface area contributed by atoms with E-state index in [2.05, 4.69) is 15.5 Å². The third-order valence-electron chi connectivity index (χ3n) is 4.99. The summed E-state index contributed by atoms with van der Waals surface area (Å²) in [5.41, 5.74) is 2.63. The van der Waals surface area contributed by atoms with Gasteiger partial charge in [-0.05, 0) is 38.8 Å². The Labute approximate surface area is 159 Å². The second-order valence-corrected chi connectivity index (χ2v) is 7.93. The van der Waals surface area contributed by atoms with Crippen LogP contribution >= 0.6 is 11.8 Å². The maximum absolute atomic E-state index is 12.8. The van der Waals surface area contributed by atoms with Crippen molar-refractivity contribution in [3.8, 4) is 0 Å². The van der Waals surface area contributed by atoms with E-state index in [1.54, 1.807) is 18.0 Å². The van der Waals surface area contributed by atoms with Crippen LogP contribution in [0.25, 0.3) is 0 Å². The predicted molar refractivity (Wildman–Crippen MR) is 103 cm³/mol. The fourth-order valence-electron chi connectivity index (χ4n) is 3.39. The van der Waals surface area contributed by atoms with Crippen molar-refractivity contribution < 1.29 is 9.32 Å². The van der Waals surface area contributed by atoms with E-state index in [4.69, 9.17) is 4.52 Å². The minimum Gasteiger partial charge on any atom is -0.361 e. The second kappa shape index (κ2) is 9.21. The van der Waals surface area contributed by atoms with Crippen LogP contribution in [0.4, 0.5) is 0 Å². The first-order valence-electron chi connectivity index (χ1n) is 9.45. The van der Waals surface area contributed by atoms with Crippen molar-refractivity contribution in [3.05, 3.63) is 40.9 Å². The number of rotatable bonds is 5. The lowest BCUT2D eigenvalue weighted by atomic mass is 9.96. The van der Waals surface area contributed by atoms with Gasteiger partial charge in [-0.3, -0.25) is 4.79 Å². The van der Waals surface area contributed by atoms with Crippen LogP contribution in [0, 0.1) is 13.8 Å². The van der Waals surface area contributed by atoms with Gasteiger partial charge in [-0.2, -0.15) is 0 Å². The minimum atomic E-state index is -0.00932. The van der Waals surface area contributed by atoms with Crippen LogP contribution in [0.1, 0.15) is 72.3 Å². The molecule has 6 heteroatoms. The van der Waals surface area contributed by atoms with E-state index in [1.165, 1.54) is 32.1 Å². The molecule has 1 saturated carbocycles. The summed E-state index contributed by atoms with van der Waals surface area (Å²) in [5.74, 6) is 1.51. The number of carbonyl (C=O) groups excluding carboxylic acids is 1. The first-order valence-corrected chi connectivity index (χ1v) is 10.4. The van der Waals surface area contributed by atoms with Crippen LogP contribution in [0.2, 0.25) is 0 Å². The number of hydrogen-bond acceptors (Lipinski definition) is 5. The molecule has 0 radical (unpaired) electrons. The zero-order valence-electron chi connectivity index (χ0n) is 15.6. The maximum atomic E-state index is 12.8. The molecule has 1 aliphatic carbocycles. The highest BCUT2D eigenvalue weighted by atomic mass is 32.2. The Kier molecular flexibility index (Phi) is 6.72. The van der Waals surface area contributed by atoms with Gasteiger partial charge in [0.15, 0.2) is 0 Å². The first-order chi connectivity index (χ1) is 12.6. The molecule has 0 unspecified atom stereocenters. The molecule has 0 atom stereocenters. The van der Waals surface area contributed by atoms with E-state index in [0.717, 1.165) is 34.9 Å². The Bertz CT molecular complexity index is 717. The molecule has 0 saturated heterocycles. The number of nitrogens with zero attached hydrogens (tertiary/aromatic N) is 2. The molecular weight excluding hydrogens is 346 g/mol. The Morgan fingerprint density at radius 2 is 1.96 bits per heavy atom. The van der Waals surface area contributed by atoms with Crippen molar-refractivity contribution in [3.63, 3.8) is 0 Å². The van der Waals surface area contributed by atoms with E-state index in [1.807, 2.05) is 26.0 Å². The van der Waals surface area contributed by atoms with Gasteiger partial charge in [0.05, 0.1) is 11.3 Å². The summed E-state index contributed by atoms with van der Waals surface area (Å²) >= 11 is 1.56. The number of hydrogen-bond donors (Lipinski definition) is 1. The van der Waals surface area contributed by atoms with Gasteiger partial charge in [-0.1, -0.05) is 37.3 Å². The topological polar surface area (TPSA) is 68.0 Å². The average Bonchev–Trinajstić information content (AvgIpc) is 2.93. The van der Waals surface area contributed by atoms with Crippen molar-refractivity contribution in [1.29, 1.82) is 0 Å². The van der Waals surface area contributed by atoms with Crippen LogP contribution in [0.15, 0.2) is 27.9 Å². The summed E-state index contributed by atoms with van der Waals surface area (Å²) in [7, 11) is 0. The quantitative estimate of drug-likeness (QED) is 0.761. The van der Waals surface area contributed by atoms with Crippen LogP contribution < -0.4 is 5.32 Å². The number of aryl methyl sites for hydroxylation is 2. The van der Waals surface area contributed by atoms with Crippen LogP contribution in [0.3, 0.4) is 0 Å². The first kappa shape index (κ1) is 19.0. The predicted octanol–water partition coefficient (Wildman–Crippen LogP) is 4.82. The van der Waals surface area contributed by atoms with Gasteiger partial charge in [-0.15, -0.1) is 11.8 Å². The van der Waals surface area contributed by atoms with Crippen molar-refractivity contribution in [2.45, 2.75) is 75.6 Å². The van der Waals surface area contributed by atoms with Gasteiger partial charge < -0.3 is 9.84 Å². The summed E-state index contributed by atoms with van der Waals surface area (Å²) in [6.45, 7) is 3.85. The summed E-state index contributed by atoms with van der Waals surface area (Å²) in [6.07, 6.45) is 10.2. The molecule has 1 aliphatic rings. The molecule has 0 spiro atoms. The molecule has 0 bridgehead atoms. The Hall–Kier alpha value is -1.82. The third-order valence-corrected chi connectivity index (χ3v) is 6.02. The van der Waals surface area contributed by atoms with Crippen molar-refractivity contribution >= 4 is 17.7 Å². The number of nitrogens with one attached hydrogen (secondary N) is 1. The third kappa shape index (κ3) is 4.87. The lowest BCUT2D eigenvalue weighted by Gasteiger charge is -2.21. The Morgan fingerprint density at radius 3 is 2.65 bits per heavy atom. The van der Waals surface area contributed by atoms with E-state index < -0.39 is 0 Å². The summed E-state index contributed by atoms with van der Waals surface area (Å²) < 4.78 is 5.22. The fourth-order valence-corrected chi connectivity index (χ4v) is 4.54. The fraction of sp³-hybridized carbons (Fsp3) is 0.550. The Morgan fingerprint density at radius 1 is 1.23 bits per heavy atom. The molecule has 2 aromatic heterocycles. The molecule has 3 rings (SSSR count). The molecule has 140 valence electrons. The van der Waals surface area contributed by atoms with Crippen molar-refractivity contribution in [1.82, 2.24) is 15.5 Å². The highest BCUT2D eigenvalue weighted by Crippen LogP contribution is 2.27. The van der Waals surface area contributed by atoms with Crippen molar-refractivity contribution in [2.24, 2.45) is 0 Å². The van der Waals surface area contributed by atoms with Crippen LogP contribution in [-0.4, -0.2) is 22.1 Å². The van der Waals surface area contributed by atoms with Gasteiger partial charge in [0.25, 0.3) is 5.91 Å². The molecule has 2 heterocycles. The largest absolute Gasteiger partial charge is 0.361 e. The number of carbonyl (C=O) groups is 1. The molecule has 1 N–H and O–H groups in total. The van der Waals surface area contributed by atoms with E-state index >= 15 is 0 Å². The number of aromatic nitrogens is 2. The minimum absolute atomic E-state index is 0.00932. The lowest BCUT2D eigenvalue weighted by molar-refractivity contribution is 0.0926. The SMILES string of the molecule is Cc1noc(C)c1CSc1ncccc1C(=O)NC1CCCCCCC1. The molecule has 26 heavy (non-hydrogen) atoms. The second-order valence-electron chi connectivity index (χ2n) is 6.96. The monoisotopic (exact) mass is 373 g/mol. The summed E-state index contributed by atoms with van der Waals surface area (Å²) in [4.78, 5) is 17.3. The summed E-state index contributed by atoms with van der Waals surface area (Å²) in [6, 6.07) is 3.97. The van der Waals surface area contributed by atoms with Crippen LogP contribution in [-0.2, 0) is 5.75 Å². The van der Waals surface area contributed by atoms with Gasteiger partial charge >= 0.3 is 0 Å². The smallest absolute Gasteiger partial charge is 0.254 e. The number of pyridine rings is 1.